The highest BCUT2D eigenvalue weighted by Gasteiger charge is 2.34. The summed E-state index contributed by atoms with van der Waals surface area (Å²) >= 11 is 16.4. The molecule has 0 rings (SSSR count). The maximum Gasteiger partial charge on any atom is 0.332 e. The van der Waals surface area contributed by atoms with E-state index in [9.17, 15) is 9.59 Å². The number of carbonyl (C=O) groups excluding carboxylic acids is 2. The van der Waals surface area contributed by atoms with Crippen LogP contribution < -0.4 is 0 Å². The van der Waals surface area contributed by atoms with Crippen molar-refractivity contribution in [3.8, 4) is 0 Å². The van der Waals surface area contributed by atoms with Crippen LogP contribution in [0.5, 0.6) is 0 Å². The van der Waals surface area contributed by atoms with Crippen molar-refractivity contribution >= 4 is 46.7 Å². The third-order valence-corrected chi connectivity index (χ3v) is 2.40. The van der Waals surface area contributed by atoms with Gasteiger partial charge in [0.15, 0.2) is 0 Å². The van der Waals surface area contributed by atoms with E-state index in [0.717, 1.165) is 4.90 Å². The molecule has 0 fully saturated rings. The van der Waals surface area contributed by atoms with E-state index in [1.54, 1.807) is 13.8 Å². The van der Waals surface area contributed by atoms with Gasteiger partial charge < -0.3 is 9.64 Å². The monoisotopic (exact) mass is 301 g/mol. The molecule has 1 amide bonds. The first-order valence-corrected chi connectivity index (χ1v) is 6.09. The molecule has 7 heteroatoms. The van der Waals surface area contributed by atoms with Gasteiger partial charge >= 0.3 is 5.97 Å². The topological polar surface area (TPSA) is 46.6 Å². The molecular formula is C10H14Cl3NO3. The summed E-state index contributed by atoms with van der Waals surface area (Å²) in [6.45, 7) is 3.72. The molecule has 98 valence electrons. The Kier molecular flexibility index (Phi) is 6.90. The third-order valence-electron chi connectivity index (χ3n) is 1.91. The minimum atomic E-state index is -2.04. The predicted molar refractivity (Wildman–Crippen MR) is 68.1 cm³/mol. The Hall–Kier alpha value is -0.450. The van der Waals surface area contributed by atoms with Gasteiger partial charge in [0, 0.05) is 18.8 Å². The number of alkyl halides is 3. The van der Waals surface area contributed by atoms with E-state index >= 15 is 0 Å². The standard InChI is InChI=1S/C10H14Cl3NO3/c1-4-7(6-8(15)17-5-2)14(3)9(16)10(11,12)13/h6H,4-5H2,1-3H3/b7-6+. The van der Waals surface area contributed by atoms with Gasteiger partial charge in [-0.1, -0.05) is 41.7 Å². The largest absolute Gasteiger partial charge is 0.463 e. The molecule has 0 unspecified atom stereocenters. The van der Waals surface area contributed by atoms with Crippen LogP contribution in [0.2, 0.25) is 0 Å². The number of ether oxygens (including phenoxy) is 1. The smallest absolute Gasteiger partial charge is 0.332 e. The van der Waals surface area contributed by atoms with Crippen molar-refractivity contribution in [2.24, 2.45) is 0 Å². The maximum atomic E-state index is 11.6. The molecule has 17 heavy (non-hydrogen) atoms. The second kappa shape index (κ2) is 7.09. The summed E-state index contributed by atoms with van der Waals surface area (Å²) in [7, 11) is 1.43. The molecule has 0 radical (unpaired) electrons. The van der Waals surface area contributed by atoms with E-state index in [2.05, 4.69) is 0 Å². The molecule has 0 heterocycles. The van der Waals surface area contributed by atoms with Crippen LogP contribution in [0.1, 0.15) is 20.3 Å². The lowest BCUT2D eigenvalue weighted by atomic mass is 10.3. The van der Waals surface area contributed by atoms with E-state index in [0.29, 0.717) is 12.1 Å². The van der Waals surface area contributed by atoms with Crippen molar-refractivity contribution in [2.45, 2.75) is 24.1 Å². The zero-order valence-electron chi connectivity index (χ0n) is 9.80. The lowest BCUT2D eigenvalue weighted by Gasteiger charge is -2.23. The number of halogens is 3. The van der Waals surface area contributed by atoms with Crippen molar-refractivity contribution in [1.82, 2.24) is 4.90 Å². The first-order valence-electron chi connectivity index (χ1n) is 4.96. The summed E-state index contributed by atoms with van der Waals surface area (Å²) in [5, 5.41) is 0. The zero-order chi connectivity index (χ0) is 13.6. The van der Waals surface area contributed by atoms with E-state index in [-0.39, 0.29) is 6.61 Å². The van der Waals surface area contributed by atoms with E-state index in [1.807, 2.05) is 0 Å². The van der Waals surface area contributed by atoms with Crippen molar-refractivity contribution < 1.29 is 14.3 Å². The number of carbonyl (C=O) groups is 2. The molecule has 0 aromatic carbocycles. The van der Waals surface area contributed by atoms with Crippen LogP contribution in [0.25, 0.3) is 0 Å². The lowest BCUT2D eigenvalue weighted by Crippen LogP contribution is -2.36. The SMILES string of the molecule is CCOC(=O)/C=C(\CC)N(C)C(=O)C(Cl)(Cl)Cl. The normalized spacial score (nSPS) is 12.2. The highest BCUT2D eigenvalue weighted by atomic mass is 35.6. The summed E-state index contributed by atoms with van der Waals surface area (Å²) in [6, 6.07) is 0. The minimum Gasteiger partial charge on any atom is -0.463 e. The Morgan fingerprint density at radius 3 is 2.18 bits per heavy atom. The summed E-state index contributed by atoms with van der Waals surface area (Å²) in [6.07, 6.45) is 1.64. The van der Waals surface area contributed by atoms with Crippen molar-refractivity contribution in [3.63, 3.8) is 0 Å². The quantitative estimate of drug-likeness (QED) is 0.456. The fraction of sp³-hybridized carbons (Fsp3) is 0.600. The van der Waals surface area contributed by atoms with Crippen LogP contribution in [0, 0.1) is 0 Å². The molecule has 0 spiro atoms. The molecule has 4 nitrogen and oxygen atoms in total. The number of hydrogen-bond donors (Lipinski definition) is 0. The molecule has 0 atom stereocenters. The number of hydrogen-bond acceptors (Lipinski definition) is 3. The highest BCUT2D eigenvalue weighted by Crippen LogP contribution is 2.29. The highest BCUT2D eigenvalue weighted by molar-refractivity contribution is 6.76. The van der Waals surface area contributed by atoms with Crippen LogP contribution in [0.3, 0.4) is 0 Å². The number of allylic oxidation sites excluding steroid dienone is 1. The van der Waals surface area contributed by atoms with Gasteiger partial charge in [-0.15, -0.1) is 0 Å². The van der Waals surface area contributed by atoms with Gasteiger partial charge in [0.1, 0.15) is 0 Å². The number of rotatable bonds is 4. The predicted octanol–water partition coefficient (Wildman–Crippen LogP) is 2.67. The average Bonchev–Trinajstić information content (AvgIpc) is 2.23. The van der Waals surface area contributed by atoms with E-state index in [4.69, 9.17) is 39.5 Å². The molecule has 0 saturated heterocycles. The molecule has 0 saturated carbocycles. The Morgan fingerprint density at radius 1 is 1.29 bits per heavy atom. The van der Waals surface area contributed by atoms with Gasteiger partial charge in [-0.3, -0.25) is 4.79 Å². The molecule has 0 aromatic rings. The van der Waals surface area contributed by atoms with Crippen molar-refractivity contribution in [3.05, 3.63) is 11.8 Å². The van der Waals surface area contributed by atoms with Crippen LogP contribution >= 0.6 is 34.8 Å². The summed E-state index contributed by atoms with van der Waals surface area (Å²) in [4.78, 5) is 24.0. The van der Waals surface area contributed by atoms with Crippen molar-refractivity contribution in [2.75, 3.05) is 13.7 Å². The molecular weight excluding hydrogens is 288 g/mol. The van der Waals surface area contributed by atoms with Gasteiger partial charge in [0.25, 0.3) is 9.70 Å². The van der Waals surface area contributed by atoms with Gasteiger partial charge in [-0.25, -0.2) is 4.79 Å². The first kappa shape index (κ1) is 16.6. The molecule has 0 aliphatic carbocycles. The maximum absolute atomic E-state index is 11.6. The molecule has 0 aliphatic heterocycles. The van der Waals surface area contributed by atoms with Gasteiger partial charge in [0.2, 0.25) is 0 Å². The summed E-state index contributed by atoms with van der Waals surface area (Å²) in [5.41, 5.74) is 0.416. The minimum absolute atomic E-state index is 0.258. The number of amides is 1. The third kappa shape index (κ3) is 5.61. The second-order valence-electron chi connectivity index (χ2n) is 3.10. The molecule has 0 aromatic heterocycles. The molecule has 0 N–H and O–H groups in total. The Balaban J connectivity index is 4.89. The summed E-state index contributed by atoms with van der Waals surface area (Å²) in [5.74, 6) is -1.26. The Labute approximate surface area is 115 Å². The second-order valence-corrected chi connectivity index (χ2v) is 5.38. The van der Waals surface area contributed by atoms with Gasteiger partial charge in [-0.2, -0.15) is 0 Å². The zero-order valence-corrected chi connectivity index (χ0v) is 12.1. The van der Waals surface area contributed by atoms with E-state index < -0.39 is 15.7 Å². The van der Waals surface area contributed by atoms with Crippen LogP contribution in [0.15, 0.2) is 11.8 Å². The fourth-order valence-electron chi connectivity index (χ4n) is 1.08. The van der Waals surface area contributed by atoms with Crippen LogP contribution in [-0.4, -0.2) is 34.2 Å². The molecule has 0 aliphatic rings. The Bertz CT molecular complexity index is 323. The Morgan fingerprint density at radius 2 is 1.82 bits per heavy atom. The van der Waals surface area contributed by atoms with Crippen LogP contribution in [0.4, 0.5) is 0 Å². The number of nitrogens with zero attached hydrogens (tertiary/aromatic N) is 1. The molecule has 0 bridgehead atoms. The summed E-state index contributed by atoms with van der Waals surface area (Å²) < 4.78 is 2.69. The van der Waals surface area contributed by atoms with E-state index in [1.165, 1.54) is 13.1 Å². The number of esters is 1. The lowest BCUT2D eigenvalue weighted by molar-refractivity contribution is -0.137. The average molecular weight is 303 g/mol. The fourth-order valence-corrected chi connectivity index (χ4v) is 1.46. The first-order chi connectivity index (χ1) is 7.73. The van der Waals surface area contributed by atoms with Crippen molar-refractivity contribution in [1.29, 1.82) is 0 Å². The van der Waals surface area contributed by atoms with Gasteiger partial charge in [0.05, 0.1) is 6.61 Å². The van der Waals surface area contributed by atoms with Crippen LogP contribution in [-0.2, 0) is 14.3 Å². The van der Waals surface area contributed by atoms with Gasteiger partial charge in [-0.05, 0) is 13.3 Å².